The van der Waals surface area contributed by atoms with Gasteiger partial charge in [-0.3, -0.25) is 0 Å². The Morgan fingerprint density at radius 3 is 2.33 bits per heavy atom. The third kappa shape index (κ3) is 5.71. The van der Waals surface area contributed by atoms with E-state index in [0.717, 1.165) is 6.42 Å². The summed E-state index contributed by atoms with van der Waals surface area (Å²) in [5, 5.41) is 0. The third-order valence-corrected chi connectivity index (χ3v) is 4.28. The van der Waals surface area contributed by atoms with E-state index in [2.05, 4.69) is 6.58 Å². The van der Waals surface area contributed by atoms with E-state index in [9.17, 15) is 4.79 Å². The van der Waals surface area contributed by atoms with Crippen molar-refractivity contribution in [3.05, 3.63) is 12.2 Å². The predicted molar refractivity (Wildman–Crippen MR) is 61.0 cm³/mol. The Morgan fingerprint density at radius 1 is 1.40 bits per heavy atom. The number of ether oxygens (including phenoxy) is 1. The van der Waals surface area contributed by atoms with Gasteiger partial charge in [0.05, 0.1) is 6.61 Å². The van der Waals surface area contributed by atoms with E-state index in [1.54, 1.807) is 21.1 Å². The van der Waals surface area contributed by atoms with E-state index in [0.29, 0.717) is 17.7 Å². The van der Waals surface area contributed by atoms with Crippen molar-refractivity contribution in [3.63, 3.8) is 0 Å². The minimum atomic E-state index is -1.59. The molecule has 0 aliphatic carbocycles. The summed E-state index contributed by atoms with van der Waals surface area (Å²) in [5.74, 6) is -0.338. The molecule has 0 N–H and O–H groups in total. The Morgan fingerprint density at radius 2 is 1.93 bits per heavy atom. The molecule has 0 aliphatic rings. The van der Waals surface area contributed by atoms with Crippen molar-refractivity contribution in [3.8, 4) is 0 Å². The summed E-state index contributed by atoms with van der Waals surface area (Å²) in [6.07, 6.45) is 0.761. The Bertz CT molecular complexity index is 213. The third-order valence-electron chi connectivity index (χ3n) is 2.08. The SMILES string of the molecule is C=C(C)C(=O)OCCC(C)[SiH](OC)OC. The van der Waals surface area contributed by atoms with Gasteiger partial charge in [-0.05, 0) is 13.3 Å². The van der Waals surface area contributed by atoms with Crippen LogP contribution in [0.5, 0.6) is 0 Å². The first kappa shape index (κ1) is 14.3. The van der Waals surface area contributed by atoms with Crippen molar-refractivity contribution in [2.75, 3.05) is 20.8 Å². The van der Waals surface area contributed by atoms with Gasteiger partial charge in [0.25, 0.3) is 0 Å². The summed E-state index contributed by atoms with van der Waals surface area (Å²) in [5.41, 5.74) is 0.743. The second-order valence-corrected chi connectivity index (χ2v) is 6.34. The van der Waals surface area contributed by atoms with Crippen LogP contribution in [0, 0.1) is 0 Å². The molecule has 0 spiro atoms. The average Bonchev–Trinajstić information content (AvgIpc) is 2.19. The van der Waals surface area contributed by atoms with Crippen LogP contribution in [0.4, 0.5) is 0 Å². The molecule has 5 heteroatoms. The number of rotatable bonds is 7. The van der Waals surface area contributed by atoms with E-state index in [1.165, 1.54) is 0 Å². The van der Waals surface area contributed by atoms with E-state index in [4.69, 9.17) is 13.6 Å². The highest BCUT2D eigenvalue weighted by molar-refractivity contribution is 6.46. The molecule has 0 aromatic carbocycles. The largest absolute Gasteiger partial charge is 0.462 e. The molecule has 0 saturated heterocycles. The molecule has 0 radical (unpaired) electrons. The number of hydrogen-bond acceptors (Lipinski definition) is 4. The normalized spacial score (nSPS) is 12.6. The highest BCUT2D eigenvalue weighted by Crippen LogP contribution is 2.15. The molecule has 0 aromatic rings. The fourth-order valence-corrected chi connectivity index (χ4v) is 2.69. The van der Waals surface area contributed by atoms with Gasteiger partial charge in [-0.2, -0.15) is 0 Å². The maximum Gasteiger partial charge on any atom is 0.333 e. The van der Waals surface area contributed by atoms with Gasteiger partial charge in [0.1, 0.15) is 0 Å². The Hall–Kier alpha value is -0.653. The van der Waals surface area contributed by atoms with Gasteiger partial charge in [0.2, 0.25) is 0 Å². The molecule has 0 bridgehead atoms. The highest BCUT2D eigenvalue weighted by atomic mass is 28.3. The molecular weight excluding hydrogens is 212 g/mol. The fraction of sp³-hybridized carbons (Fsp3) is 0.700. The fourth-order valence-electron chi connectivity index (χ4n) is 1.16. The smallest absolute Gasteiger partial charge is 0.333 e. The van der Waals surface area contributed by atoms with Crippen LogP contribution in [0.1, 0.15) is 20.3 Å². The molecule has 0 amide bonds. The zero-order valence-corrected chi connectivity index (χ0v) is 11.1. The standard InChI is InChI=1S/C10H20O4Si/c1-8(2)10(11)14-7-6-9(3)15(12-4)13-5/h9,15H,1,6-7H2,2-5H3. The monoisotopic (exact) mass is 232 g/mol. The minimum Gasteiger partial charge on any atom is -0.462 e. The number of hydrogen-bond donors (Lipinski definition) is 0. The summed E-state index contributed by atoms with van der Waals surface area (Å²) in [6, 6.07) is 0. The lowest BCUT2D eigenvalue weighted by Gasteiger charge is -2.18. The molecule has 1 atom stereocenters. The Labute approximate surface area is 93.1 Å². The van der Waals surface area contributed by atoms with E-state index >= 15 is 0 Å². The summed E-state index contributed by atoms with van der Waals surface area (Å²) >= 11 is 0. The molecule has 0 fully saturated rings. The molecule has 1 unspecified atom stereocenters. The summed E-state index contributed by atoms with van der Waals surface area (Å²) in [6.45, 7) is 7.57. The zero-order valence-electron chi connectivity index (χ0n) is 9.91. The van der Waals surface area contributed by atoms with E-state index in [1.807, 2.05) is 6.92 Å². The molecule has 0 rings (SSSR count). The van der Waals surface area contributed by atoms with Crippen LogP contribution in [0.3, 0.4) is 0 Å². The first-order valence-electron chi connectivity index (χ1n) is 4.91. The van der Waals surface area contributed by atoms with Crippen LogP contribution in [0.25, 0.3) is 0 Å². The topological polar surface area (TPSA) is 44.8 Å². The van der Waals surface area contributed by atoms with Gasteiger partial charge in [0.15, 0.2) is 0 Å². The minimum absolute atomic E-state index is 0.318. The molecule has 0 aliphatic heterocycles. The van der Waals surface area contributed by atoms with Crippen molar-refractivity contribution in [1.29, 1.82) is 0 Å². The first-order valence-corrected chi connectivity index (χ1v) is 6.52. The molecule has 0 saturated carbocycles. The molecule has 88 valence electrons. The molecule has 4 nitrogen and oxygen atoms in total. The van der Waals surface area contributed by atoms with Gasteiger partial charge in [-0.25, -0.2) is 4.79 Å². The van der Waals surface area contributed by atoms with Gasteiger partial charge in [-0.1, -0.05) is 13.5 Å². The van der Waals surface area contributed by atoms with Gasteiger partial charge >= 0.3 is 15.3 Å². The van der Waals surface area contributed by atoms with Crippen LogP contribution in [0.15, 0.2) is 12.2 Å². The summed E-state index contributed by atoms with van der Waals surface area (Å²) in [4.78, 5) is 11.1. The lowest BCUT2D eigenvalue weighted by atomic mass is 10.3. The van der Waals surface area contributed by atoms with E-state index < -0.39 is 9.28 Å². The highest BCUT2D eigenvalue weighted by Gasteiger charge is 2.19. The second-order valence-electron chi connectivity index (χ2n) is 3.52. The lowest BCUT2D eigenvalue weighted by molar-refractivity contribution is -0.139. The van der Waals surface area contributed by atoms with Crippen LogP contribution >= 0.6 is 0 Å². The Kier molecular flexibility index (Phi) is 7.28. The van der Waals surface area contributed by atoms with E-state index in [-0.39, 0.29) is 5.97 Å². The van der Waals surface area contributed by atoms with Crippen LogP contribution in [0.2, 0.25) is 5.54 Å². The molecule has 0 aromatic heterocycles. The van der Waals surface area contributed by atoms with Crippen molar-refractivity contribution < 1.29 is 18.4 Å². The number of esters is 1. The van der Waals surface area contributed by atoms with Gasteiger partial charge < -0.3 is 13.6 Å². The molecule has 0 heterocycles. The summed E-state index contributed by atoms with van der Waals surface area (Å²) < 4.78 is 15.4. The average molecular weight is 232 g/mol. The quantitative estimate of drug-likeness (QED) is 0.378. The summed E-state index contributed by atoms with van der Waals surface area (Å²) in [7, 11) is 1.71. The second kappa shape index (κ2) is 7.61. The first-order chi connectivity index (χ1) is 7.02. The van der Waals surface area contributed by atoms with Gasteiger partial charge in [-0.15, -0.1) is 0 Å². The van der Waals surface area contributed by atoms with Crippen molar-refractivity contribution >= 4 is 15.3 Å². The van der Waals surface area contributed by atoms with Crippen LogP contribution in [-0.4, -0.2) is 36.1 Å². The van der Waals surface area contributed by atoms with Crippen molar-refractivity contribution in [2.45, 2.75) is 25.8 Å². The molecule has 15 heavy (non-hydrogen) atoms. The Balaban J connectivity index is 3.76. The van der Waals surface area contributed by atoms with Gasteiger partial charge in [0, 0.05) is 25.3 Å². The zero-order chi connectivity index (χ0) is 11.8. The number of carbonyl (C=O) groups is 1. The van der Waals surface area contributed by atoms with Crippen LogP contribution in [-0.2, 0) is 18.4 Å². The van der Waals surface area contributed by atoms with Crippen molar-refractivity contribution in [1.82, 2.24) is 0 Å². The van der Waals surface area contributed by atoms with Crippen molar-refractivity contribution in [2.24, 2.45) is 0 Å². The predicted octanol–water partition coefficient (Wildman–Crippen LogP) is 1.40. The molecular formula is C10H20O4Si. The maximum atomic E-state index is 11.1. The van der Waals surface area contributed by atoms with Crippen LogP contribution < -0.4 is 0 Å². The number of carbonyl (C=O) groups excluding carboxylic acids is 1. The lowest BCUT2D eigenvalue weighted by Crippen LogP contribution is -2.25. The maximum absolute atomic E-state index is 11.1.